The number of nitrogens with one attached hydrogen (secondary N) is 1. The summed E-state index contributed by atoms with van der Waals surface area (Å²) >= 11 is 0. The lowest BCUT2D eigenvalue weighted by Crippen LogP contribution is -2.33. The molecule has 0 aromatic heterocycles. The maximum Gasteiger partial charge on any atom is 0.220 e. The van der Waals surface area contributed by atoms with Gasteiger partial charge in [-0.1, -0.05) is 6.92 Å². The van der Waals surface area contributed by atoms with Crippen LogP contribution in [0, 0.1) is 0 Å². The Morgan fingerprint density at radius 1 is 1.64 bits per heavy atom. The Bertz CT molecular complexity index is 115. The topological polar surface area (TPSA) is 55.1 Å². The van der Waals surface area contributed by atoms with Gasteiger partial charge in [0.05, 0.1) is 0 Å². The fourth-order valence-corrected chi connectivity index (χ4v) is 0.896. The van der Waals surface area contributed by atoms with Crippen LogP contribution in [-0.2, 0) is 4.79 Å². The van der Waals surface area contributed by atoms with Crippen LogP contribution in [0.4, 0.5) is 0 Å². The number of nitrogens with two attached hydrogens (primary N) is 1. The molecule has 3 nitrogen and oxygen atoms in total. The molecule has 0 saturated heterocycles. The van der Waals surface area contributed by atoms with Crippen LogP contribution in [0.3, 0.4) is 0 Å². The SMILES string of the molecule is CCCC(=O)NC(C)CCN. The van der Waals surface area contributed by atoms with Crippen LogP contribution in [0.15, 0.2) is 0 Å². The van der Waals surface area contributed by atoms with Crippen LogP contribution in [0.5, 0.6) is 0 Å². The van der Waals surface area contributed by atoms with Gasteiger partial charge in [0.15, 0.2) is 0 Å². The zero-order valence-electron chi connectivity index (χ0n) is 7.39. The number of hydrogen-bond donors (Lipinski definition) is 2. The normalized spacial score (nSPS) is 12.6. The smallest absolute Gasteiger partial charge is 0.220 e. The van der Waals surface area contributed by atoms with Crippen LogP contribution in [0.25, 0.3) is 0 Å². The van der Waals surface area contributed by atoms with Gasteiger partial charge in [-0.05, 0) is 26.3 Å². The molecule has 11 heavy (non-hydrogen) atoms. The third-order valence-electron chi connectivity index (χ3n) is 1.48. The van der Waals surface area contributed by atoms with Gasteiger partial charge >= 0.3 is 0 Å². The van der Waals surface area contributed by atoms with Gasteiger partial charge in [0.1, 0.15) is 0 Å². The van der Waals surface area contributed by atoms with E-state index in [9.17, 15) is 4.79 Å². The van der Waals surface area contributed by atoms with Gasteiger partial charge in [0.2, 0.25) is 5.91 Å². The Kier molecular flexibility index (Phi) is 5.84. The summed E-state index contributed by atoms with van der Waals surface area (Å²) in [4.78, 5) is 11.0. The van der Waals surface area contributed by atoms with Crippen molar-refractivity contribution >= 4 is 5.91 Å². The summed E-state index contributed by atoms with van der Waals surface area (Å²) in [7, 11) is 0. The van der Waals surface area contributed by atoms with Gasteiger partial charge < -0.3 is 11.1 Å². The summed E-state index contributed by atoms with van der Waals surface area (Å²) in [5.41, 5.74) is 5.33. The summed E-state index contributed by atoms with van der Waals surface area (Å²) in [5.74, 6) is 0.133. The summed E-state index contributed by atoms with van der Waals surface area (Å²) in [6.07, 6.45) is 2.38. The molecule has 0 aromatic rings. The predicted octanol–water partition coefficient (Wildman–Crippen LogP) is 0.640. The van der Waals surface area contributed by atoms with Gasteiger partial charge in [0.25, 0.3) is 0 Å². The first kappa shape index (κ1) is 10.4. The number of amides is 1. The van der Waals surface area contributed by atoms with E-state index in [4.69, 9.17) is 5.73 Å². The van der Waals surface area contributed by atoms with E-state index >= 15 is 0 Å². The van der Waals surface area contributed by atoms with E-state index in [1.807, 2.05) is 13.8 Å². The molecule has 0 radical (unpaired) electrons. The first-order chi connectivity index (χ1) is 5.20. The van der Waals surface area contributed by atoms with Crippen molar-refractivity contribution in [3.63, 3.8) is 0 Å². The highest BCUT2D eigenvalue weighted by atomic mass is 16.1. The minimum atomic E-state index is 0.133. The van der Waals surface area contributed by atoms with E-state index in [0.29, 0.717) is 13.0 Å². The highest BCUT2D eigenvalue weighted by molar-refractivity contribution is 5.76. The maximum atomic E-state index is 11.0. The monoisotopic (exact) mass is 158 g/mol. The van der Waals surface area contributed by atoms with Crippen molar-refractivity contribution in [2.45, 2.75) is 39.2 Å². The number of carbonyl (C=O) groups excluding carboxylic acids is 1. The molecule has 0 spiro atoms. The molecule has 0 heterocycles. The lowest BCUT2D eigenvalue weighted by atomic mass is 10.2. The minimum Gasteiger partial charge on any atom is -0.354 e. The van der Waals surface area contributed by atoms with Crippen molar-refractivity contribution in [1.82, 2.24) is 5.32 Å². The molecule has 3 N–H and O–H groups in total. The number of hydrogen-bond acceptors (Lipinski definition) is 2. The fraction of sp³-hybridized carbons (Fsp3) is 0.875. The molecule has 1 amide bonds. The molecule has 0 rings (SSSR count). The summed E-state index contributed by atoms with van der Waals surface area (Å²) in [6, 6.07) is 0.221. The van der Waals surface area contributed by atoms with Crippen molar-refractivity contribution in [3.05, 3.63) is 0 Å². The third-order valence-corrected chi connectivity index (χ3v) is 1.48. The van der Waals surface area contributed by atoms with Crippen LogP contribution in [0.2, 0.25) is 0 Å². The first-order valence-electron chi connectivity index (χ1n) is 4.20. The fourth-order valence-electron chi connectivity index (χ4n) is 0.896. The predicted molar refractivity (Wildman–Crippen MR) is 46.2 cm³/mol. The Balaban J connectivity index is 3.40. The zero-order chi connectivity index (χ0) is 8.69. The average molecular weight is 158 g/mol. The van der Waals surface area contributed by atoms with Crippen molar-refractivity contribution < 1.29 is 4.79 Å². The zero-order valence-corrected chi connectivity index (χ0v) is 7.39. The molecular weight excluding hydrogens is 140 g/mol. The average Bonchev–Trinajstić information content (AvgIpc) is 1.87. The van der Waals surface area contributed by atoms with Crippen molar-refractivity contribution in [3.8, 4) is 0 Å². The number of carbonyl (C=O) groups is 1. The quantitative estimate of drug-likeness (QED) is 0.617. The molecule has 0 aliphatic heterocycles. The van der Waals surface area contributed by atoms with Gasteiger partial charge in [-0.2, -0.15) is 0 Å². The summed E-state index contributed by atoms with van der Waals surface area (Å²) in [5, 5.41) is 2.86. The third kappa shape index (κ3) is 5.85. The van der Waals surface area contributed by atoms with E-state index in [1.165, 1.54) is 0 Å². The van der Waals surface area contributed by atoms with E-state index in [-0.39, 0.29) is 11.9 Å². The number of rotatable bonds is 5. The lowest BCUT2D eigenvalue weighted by molar-refractivity contribution is -0.121. The lowest BCUT2D eigenvalue weighted by Gasteiger charge is -2.11. The molecule has 0 aromatic carbocycles. The second-order valence-corrected chi connectivity index (χ2v) is 2.80. The molecule has 3 heteroatoms. The second-order valence-electron chi connectivity index (χ2n) is 2.80. The molecule has 0 bridgehead atoms. The maximum absolute atomic E-state index is 11.0. The van der Waals surface area contributed by atoms with Gasteiger partial charge in [-0.25, -0.2) is 0 Å². The van der Waals surface area contributed by atoms with E-state index in [0.717, 1.165) is 12.8 Å². The van der Waals surface area contributed by atoms with E-state index in [1.54, 1.807) is 0 Å². The molecule has 0 fully saturated rings. The van der Waals surface area contributed by atoms with Crippen LogP contribution < -0.4 is 11.1 Å². The minimum absolute atomic E-state index is 0.133. The molecule has 0 saturated carbocycles. The second kappa shape index (κ2) is 6.16. The Morgan fingerprint density at radius 2 is 2.27 bits per heavy atom. The molecule has 0 aliphatic carbocycles. The summed E-state index contributed by atoms with van der Waals surface area (Å²) in [6.45, 7) is 4.60. The highest BCUT2D eigenvalue weighted by Crippen LogP contribution is 1.91. The molecular formula is C8H18N2O. The standard InChI is InChI=1S/C8H18N2O/c1-3-4-8(11)10-7(2)5-6-9/h7H,3-6,9H2,1-2H3,(H,10,11). The van der Waals surface area contributed by atoms with Crippen molar-refractivity contribution in [2.24, 2.45) is 5.73 Å². The van der Waals surface area contributed by atoms with Gasteiger partial charge in [-0.15, -0.1) is 0 Å². The Morgan fingerprint density at radius 3 is 2.73 bits per heavy atom. The summed E-state index contributed by atoms with van der Waals surface area (Å²) < 4.78 is 0. The molecule has 66 valence electrons. The highest BCUT2D eigenvalue weighted by Gasteiger charge is 2.03. The molecule has 1 unspecified atom stereocenters. The first-order valence-corrected chi connectivity index (χ1v) is 4.20. The van der Waals surface area contributed by atoms with Gasteiger partial charge in [0, 0.05) is 12.5 Å². The van der Waals surface area contributed by atoms with E-state index in [2.05, 4.69) is 5.32 Å². The van der Waals surface area contributed by atoms with Crippen LogP contribution in [-0.4, -0.2) is 18.5 Å². The largest absolute Gasteiger partial charge is 0.354 e. The molecule has 1 atom stereocenters. The van der Waals surface area contributed by atoms with Gasteiger partial charge in [-0.3, -0.25) is 4.79 Å². The Labute approximate surface area is 68.3 Å². The van der Waals surface area contributed by atoms with E-state index < -0.39 is 0 Å². The molecule has 0 aliphatic rings. The van der Waals surface area contributed by atoms with Crippen LogP contribution >= 0.6 is 0 Å². The van der Waals surface area contributed by atoms with Crippen LogP contribution in [0.1, 0.15) is 33.1 Å². The van der Waals surface area contributed by atoms with Crippen molar-refractivity contribution in [1.29, 1.82) is 0 Å². The van der Waals surface area contributed by atoms with Crippen molar-refractivity contribution in [2.75, 3.05) is 6.54 Å². The Hall–Kier alpha value is -0.570.